The molecule has 4 heterocycles. The van der Waals surface area contributed by atoms with Crippen LogP contribution < -0.4 is 0 Å². The molecular weight excluding hydrogens is 735 g/mol. The minimum Gasteiger partial charge on any atom is -0.226 e. The molecule has 0 saturated carbocycles. The first-order valence-corrected chi connectivity index (χ1v) is 20.6. The number of aromatic nitrogens is 5. The summed E-state index contributed by atoms with van der Waals surface area (Å²) in [5.74, 6) is 2.60. The highest BCUT2D eigenvalue weighted by atomic mass is 32.1. The third-order valence-electron chi connectivity index (χ3n) is 11.0. The Labute approximate surface area is 335 Å². The summed E-state index contributed by atoms with van der Waals surface area (Å²) in [6.45, 7) is 0. The minimum atomic E-state index is 0.628. The maximum atomic E-state index is 5.52. The Morgan fingerprint density at radius 1 is 0.368 bits per heavy atom. The molecule has 4 aromatic heterocycles. The van der Waals surface area contributed by atoms with Gasteiger partial charge >= 0.3 is 0 Å². The van der Waals surface area contributed by atoms with E-state index in [0.717, 1.165) is 75.7 Å². The summed E-state index contributed by atoms with van der Waals surface area (Å²) in [4.78, 5) is 26.2. The first-order valence-electron chi connectivity index (χ1n) is 19.0. The highest BCUT2D eigenvalue weighted by molar-refractivity contribution is 7.26. The van der Waals surface area contributed by atoms with E-state index in [0.29, 0.717) is 23.3 Å². The van der Waals surface area contributed by atoms with E-state index in [2.05, 4.69) is 103 Å². The summed E-state index contributed by atoms with van der Waals surface area (Å²) in [5, 5.41) is 3.34. The molecule has 11 aromatic rings. The van der Waals surface area contributed by atoms with E-state index >= 15 is 0 Å². The number of nitrogens with zero attached hydrogens (tertiary/aromatic N) is 5. The number of hydrogen-bond acceptors (Lipinski definition) is 7. The van der Waals surface area contributed by atoms with Crippen LogP contribution in [0.25, 0.3) is 108 Å². The van der Waals surface area contributed by atoms with E-state index in [9.17, 15) is 0 Å². The SMILES string of the molecule is c1ccc(-c2nc(-c3ccccc3)nc(-c3cccc4sc5cccc(-c6nc(-c7ccc8c(c7)Cc7ccccc7-8)c7sc8ccccc8c7n6)c5c34)n2)cc1. The lowest BCUT2D eigenvalue weighted by molar-refractivity contribution is 1.08. The maximum absolute atomic E-state index is 5.52. The third kappa shape index (κ3) is 5.24. The van der Waals surface area contributed by atoms with Crippen molar-refractivity contribution in [2.24, 2.45) is 0 Å². The fourth-order valence-corrected chi connectivity index (χ4v) is 10.7. The molecule has 12 rings (SSSR count). The Morgan fingerprint density at radius 2 is 0.930 bits per heavy atom. The van der Waals surface area contributed by atoms with Crippen LogP contribution in [-0.4, -0.2) is 24.9 Å². The number of hydrogen-bond donors (Lipinski definition) is 0. The molecular formula is C50H29N5S2. The second-order valence-corrected chi connectivity index (χ2v) is 16.5. The Morgan fingerprint density at radius 3 is 1.65 bits per heavy atom. The van der Waals surface area contributed by atoms with Crippen LogP contribution >= 0.6 is 22.7 Å². The van der Waals surface area contributed by atoms with Gasteiger partial charge in [0, 0.05) is 58.1 Å². The van der Waals surface area contributed by atoms with Crippen molar-refractivity contribution >= 4 is 63.1 Å². The maximum Gasteiger partial charge on any atom is 0.164 e. The molecule has 0 radical (unpaired) electrons. The zero-order valence-electron chi connectivity index (χ0n) is 30.3. The van der Waals surface area contributed by atoms with E-state index in [1.165, 1.54) is 27.0 Å². The Kier molecular flexibility index (Phi) is 7.27. The van der Waals surface area contributed by atoms with Crippen molar-refractivity contribution in [1.29, 1.82) is 0 Å². The average molecular weight is 764 g/mol. The Bertz CT molecular complexity index is 3330. The third-order valence-corrected chi connectivity index (χ3v) is 13.3. The molecule has 1 aliphatic carbocycles. The van der Waals surface area contributed by atoms with Crippen molar-refractivity contribution in [2.45, 2.75) is 6.42 Å². The Hall–Kier alpha value is -6.93. The van der Waals surface area contributed by atoms with Gasteiger partial charge in [-0.15, -0.1) is 22.7 Å². The second kappa shape index (κ2) is 12.8. The van der Waals surface area contributed by atoms with Crippen molar-refractivity contribution < 1.29 is 0 Å². The van der Waals surface area contributed by atoms with Gasteiger partial charge in [-0.05, 0) is 52.9 Å². The highest BCUT2D eigenvalue weighted by Gasteiger charge is 2.24. The molecule has 1 aliphatic rings. The predicted molar refractivity (Wildman–Crippen MR) is 237 cm³/mol. The van der Waals surface area contributed by atoms with Crippen LogP contribution in [-0.2, 0) is 6.42 Å². The van der Waals surface area contributed by atoms with Crippen LogP contribution in [0, 0.1) is 0 Å². The summed E-state index contributed by atoms with van der Waals surface area (Å²) in [6.07, 6.45) is 0.922. The molecule has 0 N–H and O–H groups in total. The minimum absolute atomic E-state index is 0.628. The number of rotatable bonds is 5. The highest BCUT2D eigenvalue weighted by Crippen LogP contribution is 2.46. The molecule has 0 unspecified atom stereocenters. The van der Waals surface area contributed by atoms with Gasteiger partial charge in [-0.2, -0.15) is 0 Å². The van der Waals surface area contributed by atoms with Gasteiger partial charge in [0.1, 0.15) is 0 Å². The summed E-state index contributed by atoms with van der Waals surface area (Å²) >= 11 is 3.54. The molecule has 0 atom stereocenters. The van der Waals surface area contributed by atoms with Crippen molar-refractivity contribution in [3.63, 3.8) is 0 Å². The first kappa shape index (κ1) is 32.3. The summed E-state index contributed by atoms with van der Waals surface area (Å²) in [5.41, 5.74) is 12.2. The molecule has 0 fully saturated rings. The lowest BCUT2D eigenvalue weighted by Gasteiger charge is -2.11. The van der Waals surface area contributed by atoms with Crippen LogP contribution in [0.15, 0.2) is 164 Å². The smallest absolute Gasteiger partial charge is 0.164 e. The molecule has 0 spiro atoms. The Balaban J connectivity index is 1.10. The fraction of sp³-hybridized carbons (Fsp3) is 0.0200. The summed E-state index contributed by atoms with van der Waals surface area (Å²) in [7, 11) is 0. The van der Waals surface area contributed by atoms with Crippen LogP contribution in [0.3, 0.4) is 0 Å². The standard InChI is InChI=1S/C50H29N5S2/c1-3-13-29(14-4-1)47-53-48(30-15-5-2-6-16-30)55-50(54-47)38-21-12-24-41-43(38)42-37(20-11-23-40(42)56-41)49-51-44(46-45(52-49)36-19-9-10-22-39(36)57-46)32-25-26-35-33(28-32)27-31-17-7-8-18-34(31)35/h1-26,28H,27H2. The van der Waals surface area contributed by atoms with Crippen LogP contribution in [0.5, 0.6) is 0 Å². The van der Waals surface area contributed by atoms with Crippen molar-refractivity contribution in [1.82, 2.24) is 24.9 Å². The zero-order chi connectivity index (χ0) is 37.5. The topological polar surface area (TPSA) is 64.5 Å². The van der Waals surface area contributed by atoms with Gasteiger partial charge < -0.3 is 0 Å². The number of fused-ring (bicyclic) bond motifs is 9. The lowest BCUT2D eigenvalue weighted by Crippen LogP contribution is -2.00. The van der Waals surface area contributed by atoms with Crippen LogP contribution in [0.4, 0.5) is 0 Å². The van der Waals surface area contributed by atoms with Gasteiger partial charge in [0.2, 0.25) is 0 Å². The molecule has 0 saturated heterocycles. The molecule has 0 bridgehead atoms. The second-order valence-electron chi connectivity index (χ2n) is 14.4. The largest absolute Gasteiger partial charge is 0.226 e. The van der Waals surface area contributed by atoms with Gasteiger partial charge in [0.15, 0.2) is 23.3 Å². The summed E-state index contributed by atoms with van der Waals surface area (Å²) in [6, 6.07) is 57.4. The van der Waals surface area contributed by atoms with E-state index in [-0.39, 0.29) is 0 Å². The van der Waals surface area contributed by atoms with Crippen molar-refractivity contribution in [3.05, 3.63) is 175 Å². The number of benzene rings is 7. The average Bonchev–Trinajstić information content (AvgIpc) is 3.97. The lowest BCUT2D eigenvalue weighted by atomic mass is 10.00. The van der Waals surface area contributed by atoms with Crippen LogP contribution in [0.1, 0.15) is 11.1 Å². The van der Waals surface area contributed by atoms with E-state index < -0.39 is 0 Å². The van der Waals surface area contributed by atoms with Gasteiger partial charge in [0.05, 0.1) is 15.9 Å². The number of thiophene rings is 2. The quantitative estimate of drug-likeness (QED) is 0.175. The monoisotopic (exact) mass is 763 g/mol. The van der Waals surface area contributed by atoms with Gasteiger partial charge in [0.25, 0.3) is 0 Å². The van der Waals surface area contributed by atoms with Gasteiger partial charge in [-0.1, -0.05) is 140 Å². The van der Waals surface area contributed by atoms with Gasteiger partial charge in [-0.3, -0.25) is 0 Å². The predicted octanol–water partition coefficient (Wildman–Crippen LogP) is 13.3. The molecule has 7 aromatic carbocycles. The van der Waals surface area contributed by atoms with Crippen molar-refractivity contribution in [2.75, 3.05) is 0 Å². The van der Waals surface area contributed by atoms with Crippen LogP contribution in [0.2, 0.25) is 0 Å². The molecule has 7 heteroatoms. The van der Waals surface area contributed by atoms with Crippen molar-refractivity contribution in [3.8, 4) is 67.9 Å². The first-order chi connectivity index (χ1) is 28.2. The molecule has 266 valence electrons. The molecule has 0 aliphatic heterocycles. The van der Waals surface area contributed by atoms with E-state index in [1.54, 1.807) is 22.7 Å². The zero-order valence-corrected chi connectivity index (χ0v) is 32.0. The van der Waals surface area contributed by atoms with E-state index in [1.807, 2.05) is 60.7 Å². The fourth-order valence-electron chi connectivity index (χ4n) is 8.37. The normalized spacial score (nSPS) is 12.1. The molecule has 57 heavy (non-hydrogen) atoms. The summed E-state index contributed by atoms with van der Waals surface area (Å²) < 4.78 is 4.61. The van der Waals surface area contributed by atoms with Gasteiger partial charge in [-0.25, -0.2) is 24.9 Å². The molecule has 0 amide bonds. The molecule has 5 nitrogen and oxygen atoms in total. The van der Waals surface area contributed by atoms with E-state index in [4.69, 9.17) is 24.9 Å².